The van der Waals surface area contributed by atoms with Crippen molar-refractivity contribution in [3.8, 4) is 0 Å². The lowest BCUT2D eigenvalue weighted by molar-refractivity contribution is 1.30. The van der Waals surface area contributed by atoms with Crippen molar-refractivity contribution in [2.24, 2.45) is 0 Å². The van der Waals surface area contributed by atoms with Gasteiger partial charge in [0.05, 0.1) is 9.93 Å². The molecule has 0 spiro atoms. The van der Waals surface area contributed by atoms with E-state index in [2.05, 4.69) is 24.9 Å². The number of aromatic nitrogens is 1. The Morgan fingerprint density at radius 1 is 1.14 bits per heavy atom. The molecule has 0 N–H and O–H groups in total. The summed E-state index contributed by atoms with van der Waals surface area (Å²) in [6, 6.07) is 5.97. The number of nitrogens with zero attached hydrogens (tertiary/aromatic N) is 1. The molecule has 0 saturated heterocycles. The zero-order chi connectivity index (χ0) is 9.97. The Morgan fingerprint density at radius 3 is 2.43 bits per heavy atom. The number of hydrogen-bond donors (Lipinski definition) is 0. The first-order valence-electron chi connectivity index (χ1n) is 4.41. The first kappa shape index (κ1) is 9.87. The molecule has 1 aliphatic rings. The normalized spacial score (nSPS) is 16.3. The van der Waals surface area contributed by atoms with Gasteiger partial charge in [-0.05, 0) is 41.9 Å². The Morgan fingerprint density at radius 2 is 1.86 bits per heavy atom. The second-order valence-electron chi connectivity index (χ2n) is 3.03. The molecule has 1 aliphatic heterocycles. The maximum atomic E-state index is 4.27. The lowest BCUT2D eigenvalue weighted by Crippen LogP contribution is -1.76. The molecule has 0 bridgehead atoms. The standard InChI is InChI=1S/C11H11NS2/c1-8-9(2)14-11(13-8)7-10-5-3-4-6-12-10/h3-7H,1-2H3. The summed E-state index contributed by atoms with van der Waals surface area (Å²) in [4.78, 5) is 7.07. The van der Waals surface area contributed by atoms with Crippen molar-refractivity contribution in [3.05, 3.63) is 44.1 Å². The van der Waals surface area contributed by atoms with E-state index in [9.17, 15) is 0 Å². The maximum Gasteiger partial charge on any atom is 0.0646 e. The molecule has 0 unspecified atom stereocenters. The molecule has 2 rings (SSSR count). The van der Waals surface area contributed by atoms with Crippen LogP contribution in [0.2, 0.25) is 0 Å². The summed E-state index contributed by atoms with van der Waals surface area (Å²) in [5, 5.41) is 0. The molecule has 0 fully saturated rings. The Balaban J connectivity index is 2.16. The van der Waals surface area contributed by atoms with Crippen LogP contribution in [0.5, 0.6) is 0 Å². The van der Waals surface area contributed by atoms with Gasteiger partial charge in [-0.1, -0.05) is 29.6 Å². The molecule has 0 amide bonds. The highest BCUT2D eigenvalue weighted by molar-refractivity contribution is 8.28. The molecule has 1 aromatic heterocycles. The van der Waals surface area contributed by atoms with Crippen LogP contribution in [-0.2, 0) is 0 Å². The summed E-state index contributed by atoms with van der Waals surface area (Å²) >= 11 is 3.66. The molecule has 1 aromatic rings. The van der Waals surface area contributed by atoms with Gasteiger partial charge >= 0.3 is 0 Å². The molecule has 1 nitrogen and oxygen atoms in total. The Labute approximate surface area is 92.7 Å². The molecule has 0 aromatic carbocycles. The Bertz CT molecular complexity index is 377. The summed E-state index contributed by atoms with van der Waals surface area (Å²) in [6.45, 7) is 4.32. The average Bonchev–Trinajstić information content (AvgIpc) is 2.47. The van der Waals surface area contributed by atoms with Crippen LogP contribution in [0.1, 0.15) is 19.5 Å². The summed E-state index contributed by atoms with van der Waals surface area (Å²) in [5.41, 5.74) is 1.03. The Hall–Kier alpha value is -0.670. The number of pyridine rings is 1. The van der Waals surface area contributed by atoms with E-state index in [1.807, 2.05) is 47.9 Å². The zero-order valence-electron chi connectivity index (χ0n) is 8.15. The van der Waals surface area contributed by atoms with E-state index in [-0.39, 0.29) is 0 Å². The topological polar surface area (TPSA) is 12.9 Å². The number of allylic oxidation sites excluding steroid dienone is 2. The van der Waals surface area contributed by atoms with Crippen LogP contribution in [0.4, 0.5) is 0 Å². The van der Waals surface area contributed by atoms with Gasteiger partial charge in [0.2, 0.25) is 0 Å². The van der Waals surface area contributed by atoms with Gasteiger partial charge in [0.1, 0.15) is 0 Å². The predicted molar refractivity (Wildman–Crippen MR) is 65.8 cm³/mol. The van der Waals surface area contributed by atoms with Gasteiger partial charge in [-0.3, -0.25) is 4.98 Å². The predicted octanol–water partition coefficient (Wildman–Crippen LogP) is 4.11. The molecule has 2 heterocycles. The van der Waals surface area contributed by atoms with Crippen LogP contribution in [0, 0.1) is 0 Å². The van der Waals surface area contributed by atoms with Gasteiger partial charge in [0.15, 0.2) is 0 Å². The maximum absolute atomic E-state index is 4.27. The van der Waals surface area contributed by atoms with E-state index in [0.717, 1.165) is 5.69 Å². The van der Waals surface area contributed by atoms with E-state index >= 15 is 0 Å². The van der Waals surface area contributed by atoms with Gasteiger partial charge < -0.3 is 0 Å². The quantitative estimate of drug-likeness (QED) is 0.708. The van der Waals surface area contributed by atoms with E-state index in [0.29, 0.717) is 0 Å². The summed E-state index contributed by atoms with van der Waals surface area (Å²) < 4.78 is 1.32. The Kier molecular flexibility index (Phi) is 2.99. The second-order valence-corrected chi connectivity index (χ2v) is 5.81. The summed E-state index contributed by atoms with van der Waals surface area (Å²) in [5.74, 6) is 0. The fourth-order valence-electron chi connectivity index (χ4n) is 1.11. The van der Waals surface area contributed by atoms with Crippen molar-refractivity contribution in [2.45, 2.75) is 13.8 Å². The first-order chi connectivity index (χ1) is 6.75. The SMILES string of the molecule is CC1=C(C)SC(=Cc2ccccn2)S1. The van der Waals surface area contributed by atoms with Gasteiger partial charge in [-0.2, -0.15) is 0 Å². The van der Waals surface area contributed by atoms with Crippen molar-refractivity contribution in [1.82, 2.24) is 4.98 Å². The third-order valence-corrected chi connectivity index (χ3v) is 4.45. The van der Waals surface area contributed by atoms with Gasteiger partial charge in [-0.15, -0.1) is 0 Å². The van der Waals surface area contributed by atoms with Gasteiger partial charge in [0, 0.05) is 6.20 Å². The molecular weight excluding hydrogens is 210 g/mol. The molecular formula is C11H11NS2. The molecule has 72 valence electrons. The van der Waals surface area contributed by atoms with E-state index in [1.54, 1.807) is 0 Å². The van der Waals surface area contributed by atoms with Crippen LogP contribution in [0.15, 0.2) is 38.4 Å². The number of rotatable bonds is 1. The van der Waals surface area contributed by atoms with Crippen molar-refractivity contribution < 1.29 is 0 Å². The minimum atomic E-state index is 1.03. The van der Waals surface area contributed by atoms with Crippen LogP contribution in [0.25, 0.3) is 6.08 Å². The molecule has 0 atom stereocenters. The average molecular weight is 221 g/mol. The molecule has 0 radical (unpaired) electrons. The highest BCUT2D eigenvalue weighted by Gasteiger charge is 2.13. The van der Waals surface area contributed by atoms with Crippen LogP contribution >= 0.6 is 23.5 Å². The van der Waals surface area contributed by atoms with Crippen molar-refractivity contribution >= 4 is 29.6 Å². The highest BCUT2D eigenvalue weighted by atomic mass is 32.2. The van der Waals surface area contributed by atoms with Gasteiger partial charge in [0.25, 0.3) is 0 Å². The van der Waals surface area contributed by atoms with E-state index in [1.165, 1.54) is 14.0 Å². The monoisotopic (exact) mass is 221 g/mol. The lowest BCUT2D eigenvalue weighted by Gasteiger charge is -1.95. The van der Waals surface area contributed by atoms with Crippen molar-refractivity contribution in [1.29, 1.82) is 0 Å². The molecule has 0 saturated carbocycles. The van der Waals surface area contributed by atoms with Crippen LogP contribution < -0.4 is 0 Å². The molecule has 0 aliphatic carbocycles. The largest absolute Gasteiger partial charge is 0.257 e. The molecule has 3 heteroatoms. The highest BCUT2D eigenvalue weighted by Crippen LogP contribution is 2.48. The first-order valence-corrected chi connectivity index (χ1v) is 6.05. The van der Waals surface area contributed by atoms with E-state index in [4.69, 9.17) is 0 Å². The fraction of sp³-hybridized carbons (Fsp3) is 0.182. The third-order valence-electron chi connectivity index (χ3n) is 1.96. The number of thioether (sulfide) groups is 2. The fourth-order valence-corrected chi connectivity index (χ4v) is 3.52. The number of hydrogen-bond acceptors (Lipinski definition) is 3. The van der Waals surface area contributed by atoms with Gasteiger partial charge in [-0.25, -0.2) is 0 Å². The minimum Gasteiger partial charge on any atom is -0.257 e. The van der Waals surface area contributed by atoms with Crippen molar-refractivity contribution in [3.63, 3.8) is 0 Å². The summed E-state index contributed by atoms with van der Waals surface area (Å²) in [6.07, 6.45) is 3.96. The van der Waals surface area contributed by atoms with Crippen LogP contribution in [-0.4, -0.2) is 4.98 Å². The third kappa shape index (κ3) is 2.22. The second kappa shape index (κ2) is 4.24. The zero-order valence-corrected chi connectivity index (χ0v) is 9.78. The lowest BCUT2D eigenvalue weighted by atomic mass is 10.3. The minimum absolute atomic E-state index is 1.03. The smallest absolute Gasteiger partial charge is 0.0646 e. The van der Waals surface area contributed by atoms with E-state index < -0.39 is 0 Å². The van der Waals surface area contributed by atoms with Crippen LogP contribution in [0.3, 0.4) is 0 Å². The van der Waals surface area contributed by atoms with Crippen molar-refractivity contribution in [2.75, 3.05) is 0 Å². The summed E-state index contributed by atoms with van der Waals surface area (Å²) in [7, 11) is 0. The molecule has 14 heavy (non-hydrogen) atoms.